The van der Waals surface area contributed by atoms with Crippen molar-refractivity contribution in [3.05, 3.63) is 29.3 Å². The predicted molar refractivity (Wildman–Crippen MR) is 63.7 cm³/mol. The molecule has 1 aromatic rings. The van der Waals surface area contributed by atoms with Crippen LogP contribution in [-0.2, 0) is 9.59 Å². The van der Waals surface area contributed by atoms with Crippen LogP contribution < -0.4 is 9.47 Å². The van der Waals surface area contributed by atoms with E-state index in [2.05, 4.69) is 0 Å². The molecule has 1 aromatic carbocycles. The minimum Gasteiger partial charge on any atom is -0.486 e. The molecule has 0 aromatic heterocycles. The Hall–Kier alpha value is -2.30. The predicted octanol–water partition coefficient (Wildman–Crippen LogP) is 1.51. The van der Waals surface area contributed by atoms with Gasteiger partial charge in [0.25, 0.3) is 0 Å². The monoisotopic (exact) mass is 248 g/mol. The molecule has 0 saturated heterocycles. The molecule has 5 heteroatoms. The summed E-state index contributed by atoms with van der Waals surface area (Å²) in [5.41, 5.74) is 0.332. The van der Waals surface area contributed by atoms with Gasteiger partial charge in [0, 0.05) is 0 Å². The highest BCUT2D eigenvalue weighted by atomic mass is 16.6. The SMILES string of the molecule is CC(=O)/C(=C\c1ccc2c(c1)OCCO2)C(=O)O. The third-order valence-electron chi connectivity index (χ3n) is 2.49. The van der Waals surface area contributed by atoms with Crippen LogP contribution in [0.5, 0.6) is 11.5 Å². The summed E-state index contributed by atoms with van der Waals surface area (Å²) in [4.78, 5) is 22.1. The summed E-state index contributed by atoms with van der Waals surface area (Å²) in [5, 5.41) is 8.90. The minimum atomic E-state index is -1.24. The number of carboxylic acid groups (broad SMARTS) is 1. The van der Waals surface area contributed by atoms with E-state index in [4.69, 9.17) is 14.6 Å². The van der Waals surface area contributed by atoms with Crippen molar-refractivity contribution < 1.29 is 24.2 Å². The van der Waals surface area contributed by atoms with Gasteiger partial charge in [0.1, 0.15) is 18.8 Å². The van der Waals surface area contributed by atoms with Crippen molar-refractivity contribution >= 4 is 17.8 Å². The lowest BCUT2D eigenvalue weighted by molar-refractivity contribution is -0.134. The molecule has 0 radical (unpaired) electrons. The Kier molecular flexibility index (Phi) is 3.32. The molecule has 0 amide bonds. The number of ether oxygens (including phenoxy) is 2. The van der Waals surface area contributed by atoms with Crippen molar-refractivity contribution in [1.82, 2.24) is 0 Å². The second kappa shape index (κ2) is 4.91. The number of hydrogen-bond acceptors (Lipinski definition) is 4. The maximum Gasteiger partial charge on any atom is 0.339 e. The van der Waals surface area contributed by atoms with E-state index < -0.39 is 11.8 Å². The van der Waals surface area contributed by atoms with Gasteiger partial charge in [-0.3, -0.25) is 4.79 Å². The van der Waals surface area contributed by atoms with E-state index in [1.54, 1.807) is 18.2 Å². The molecule has 1 N–H and O–H groups in total. The van der Waals surface area contributed by atoms with Gasteiger partial charge in [-0.05, 0) is 30.7 Å². The summed E-state index contributed by atoms with van der Waals surface area (Å²) in [5.74, 6) is -0.545. The Labute approximate surface area is 104 Å². The molecule has 18 heavy (non-hydrogen) atoms. The largest absolute Gasteiger partial charge is 0.486 e. The first-order valence-electron chi connectivity index (χ1n) is 5.43. The summed E-state index contributed by atoms with van der Waals surface area (Å²) in [7, 11) is 0. The number of hydrogen-bond donors (Lipinski definition) is 1. The van der Waals surface area contributed by atoms with Gasteiger partial charge >= 0.3 is 5.97 Å². The fourth-order valence-electron chi connectivity index (χ4n) is 1.63. The molecule has 1 aliphatic rings. The molecular weight excluding hydrogens is 236 g/mol. The van der Waals surface area contributed by atoms with Crippen molar-refractivity contribution in [2.75, 3.05) is 13.2 Å². The van der Waals surface area contributed by atoms with E-state index in [1.807, 2.05) is 0 Å². The standard InChI is InChI=1S/C13H12O5/c1-8(14)10(13(15)16)6-9-2-3-11-12(7-9)18-5-4-17-11/h2-3,6-7H,4-5H2,1H3,(H,15,16)/b10-6+. The third kappa shape index (κ3) is 2.51. The first-order valence-corrected chi connectivity index (χ1v) is 5.43. The number of carboxylic acids is 1. The van der Waals surface area contributed by atoms with Crippen LogP contribution >= 0.6 is 0 Å². The summed E-state index contributed by atoms with van der Waals surface area (Å²) in [6.45, 7) is 2.17. The van der Waals surface area contributed by atoms with E-state index >= 15 is 0 Å². The number of aliphatic carboxylic acids is 1. The molecule has 5 nitrogen and oxygen atoms in total. The van der Waals surface area contributed by atoms with Gasteiger partial charge in [-0.15, -0.1) is 0 Å². The van der Waals surface area contributed by atoms with Gasteiger partial charge in [0.2, 0.25) is 0 Å². The zero-order valence-electron chi connectivity index (χ0n) is 9.80. The van der Waals surface area contributed by atoms with Gasteiger partial charge in [-0.1, -0.05) is 6.07 Å². The summed E-state index contributed by atoms with van der Waals surface area (Å²) in [6.07, 6.45) is 1.32. The quantitative estimate of drug-likeness (QED) is 0.498. The number of benzene rings is 1. The van der Waals surface area contributed by atoms with Crippen LogP contribution in [0.15, 0.2) is 23.8 Å². The number of ketones is 1. The van der Waals surface area contributed by atoms with Gasteiger partial charge in [0.15, 0.2) is 17.3 Å². The lowest BCUT2D eigenvalue weighted by Crippen LogP contribution is -2.15. The molecule has 0 spiro atoms. The van der Waals surface area contributed by atoms with Crippen molar-refractivity contribution in [2.45, 2.75) is 6.92 Å². The topological polar surface area (TPSA) is 72.8 Å². The van der Waals surface area contributed by atoms with Crippen molar-refractivity contribution in [3.63, 3.8) is 0 Å². The van der Waals surface area contributed by atoms with Crippen LogP contribution in [0.4, 0.5) is 0 Å². The fraction of sp³-hybridized carbons (Fsp3) is 0.231. The molecule has 0 saturated carbocycles. The average molecular weight is 248 g/mol. The molecule has 0 aliphatic carbocycles. The second-order valence-electron chi connectivity index (χ2n) is 3.82. The van der Waals surface area contributed by atoms with Gasteiger partial charge in [-0.25, -0.2) is 4.79 Å². The van der Waals surface area contributed by atoms with Crippen molar-refractivity contribution in [1.29, 1.82) is 0 Å². The molecule has 0 atom stereocenters. The van der Waals surface area contributed by atoms with E-state index in [-0.39, 0.29) is 5.57 Å². The smallest absolute Gasteiger partial charge is 0.339 e. The summed E-state index contributed by atoms with van der Waals surface area (Å²) in [6, 6.07) is 5.03. The van der Waals surface area contributed by atoms with Crippen LogP contribution in [0.2, 0.25) is 0 Å². The maximum atomic E-state index is 11.2. The fourth-order valence-corrected chi connectivity index (χ4v) is 1.63. The normalized spacial score (nSPS) is 14.2. The summed E-state index contributed by atoms with van der Waals surface area (Å²) >= 11 is 0. The number of carbonyl (C=O) groups is 2. The maximum absolute atomic E-state index is 11.2. The highest BCUT2D eigenvalue weighted by Gasteiger charge is 2.15. The molecule has 1 heterocycles. The number of carbonyl (C=O) groups excluding carboxylic acids is 1. The first kappa shape index (κ1) is 12.2. The lowest BCUT2D eigenvalue weighted by Gasteiger charge is -2.18. The minimum absolute atomic E-state index is 0.258. The molecule has 0 fully saturated rings. The van der Waals surface area contributed by atoms with Crippen LogP contribution in [-0.4, -0.2) is 30.1 Å². The Morgan fingerprint density at radius 3 is 2.50 bits per heavy atom. The first-order chi connectivity index (χ1) is 8.58. The van der Waals surface area contributed by atoms with Crippen molar-refractivity contribution in [3.8, 4) is 11.5 Å². The van der Waals surface area contributed by atoms with Crippen LogP contribution in [0.25, 0.3) is 6.08 Å². The van der Waals surface area contributed by atoms with Crippen LogP contribution in [0.3, 0.4) is 0 Å². The molecule has 0 unspecified atom stereocenters. The number of fused-ring (bicyclic) bond motifs is 1. The van der Waals surface area contributed by atoms with E-state index in [0.29, 0.717) is 30.3 Å². The van der Waals surface area contributed by atoms with Gasteiger partial charge < -0.3 is 14.6 Å². The van der Waals surface area contributed by atoms with E-state index in [1.165, 1.54) is 13.0 Å². The van der Waals surface area contributed by atoms with E-state index in [0.717, 1.165) is 0 Å². The number of Topliss-reactive ketones (excluding diaryl/α,β-unsaturated/α-hetero) is 1. The zero-order valence-corrected chi connectivity index (χ0v) is 9.80. The second-order valence-corrected chi connectivity index (χ2v) is 3.82. The Balaban J connectivity index is 2.36. The zero-order chi connectivity index (χ0) is 13.1. The van der Waals surface area contributed by atoms with Crippen LogP contribution in [0.1, 0.15) is 12.5 Å². The van der Waals surface area contributed by atoms with E-state index in [9.17, 15) is 9.59 Å². The molecule has 1 aliphatic heterocycles. The molecular formula is C13H12O5. The molecule has 94 valence electrons. The lowest BCUT2D eigenvalue weighted by atomic mass is 10.1. The Morgan fingerprint density at radius 1 is 1.22 bits per heavy atom. The third-order valence-corrected chi connectivity index (χ3v) is 2.49. The Bertz CT molecular complexity index is 514. The summed E-state index contributed by atoms with van der Waals surface area (Å²) < 4.78 is 10.7. The highest BCUT2D eigenvalue weighted by molar-refractivity contribution is 6.19. The average Bonchev–Trinajstić information content (AvgIpc) is 2.35. The highest BCUT2D eigenvalue weighted by Crippen LogP contribution is 2.31. The van der Waals surface area contributed by atoms with Crippen LogP contribution in [0, 0.1) is 0 Å². The van der Waals surface area contributed by atoms with Crippen molar-refractivity contribution in [2.24, 2.45) is 0 Å². The molecule has 2 rings (SSSR count). The number of rotatable bonds is 3. The molecule has 0 bridgehead atoms. The van der Waals surface area contributed by atoms with Gasteiger partial charge in [0.05, 0.1) is 0 Å². The van der Waals surface area contributed by atoms with Gasteiger partial charge in [-0.2, -0.15) is 0 Å². The Morgan fingerprint density at radius 2 is 1.89 bits per heavy atom.